The van der Waals surface area contributed by atoms with E-state index in [4.69, 9.17) is 0 Å². The van der Waals surface area contributed by atoms with E-state index in [0.29, 0.717) is 0 Å². The van der Waals surface area contributed by atoms with Crippen molar-refractivity contribution in [2.75, 3.05) is 6.54 Å². The molecule has 2 nitrogen and oxygen atoms in total. The van der Waals surface area contributed by atoms with Crippen LogP contribution in [0.25, 0.3) is 0 Å². The van der Waals surface area contributed by atoms with Gasteiger partial charge in [-0.15, -0.1) is 6.58 Å². The summed E-state index contributed by atoms with van der Waals surface area (Å²) in [4.78, 5) is 13.8. The van der Waals surface area contributed by atoms with Gasteiger partial charge in [0, 0.05) is 6.54 Å². The summed E-state index contributed by atoms with van der Waals surface area (Å²) in [5, 5.41) is 0. The molecule has 0 saturated carbocycles. The van der Waals surface area contributed by atoms with E-state index < -0.39 is 0 Å². The number of hydrogen-bond donors (Lipinski definition) is 0. The van der Waals surface area contributed by atoms with Gasteiger partial charge < -0.3 is 9.69 Å². The molecular formula is C25H42NO-. The molecule has 1 aliphatic heterocycles. The number of allylic oxidation sites excluding steroid dienone is 1. The number of Topliss-reactive ketones (excluding diaryl/α,β-unsaturated/α-hetero) is 1. The molecule has 0 amide bonds. The first-order chi connectivity index (χ1) is 13.1. The summed E-state index contributed by atoms with van der Waals surface area (Å²) >= 11 is 0. The van der Waals surface area contributed by atoms with Gasteiger partial charge in [-0.2, -0.15) is 0 Å². The van der Waals surface area contributed by atoms with Crippen LogP contribution in [-0.2, 0) is 4.79 Å². The fourth-order valence-corrected chi connectivity index (χ4v) is 3.90. The summed E-state index contributed by atoms with van der Waals surface area (Å²) in [6, 6.07) is 0. The van der Waals surface area contributed by atoms with Crippen LogP contribution >= 0.6 is 0 Å². The fourth-order valence-electron chi connectivity index (χ4n) is 3.90. The maximum absolute atomic E-state index is 11.7. The number of nitrogens with zero attached hydrogens (tertiary/aromatic N) is 1. The van der Waals surface area contributed by atoms with E-state index in [-0.39, 0.29) is 5.78 Å². The SMILES string of the molecule is C=C=C1[C-](C)C(C(C)=O)=CN1CCCCCCCCCCCCCCCC. The fraction of sp³-hybridized carbons (Fsp3) is 0.720. The lowest BCUT2D eigenvalue weighted by molar-refractivity contribution is -0.113. The van der Waals surface area contributed by atoms with Crippen molar-refractivity contribution >= 4 is 5.78 Å². The standard InChI is InChI=1S/C25H42NO/c1-5-7-8-9-10-11-12-13-14-15-16-17-18-19-20-26-21-24(23(4)27)22(3)25(26)6-2/h21H,2,5,7-20H2,1,3-4H3/q-1. The first kappa shape index (κ1) is 23.6. The molecule has 1 heterocycles. The maximum atomic E-state index is 11.7. The highest BCUT2D eigenvalue weighted by Gasteiger charge is 2.19. The van der Waals surface area contributed by atoms with Crippen LogP contribution in [0.1, 0.15) is 111 Å². The molecule has 0 radical (unpaired) electrons. The lowest BCUT2D eigenvalue weighted by Crippen LogP contribution is -2.15. The number of rotatable bonds is 16. The monoisotopic (exact) mass is 372 g/mol. The molecular weight excluding hydrogens is 330 g/mol. The number of unbranched alkanes of at least 4 members (excludes halogenated alkanes) is 13. The number of carbonyl (C=O) groups is 1. The molecule has 1 rings (SSSR count). The van der Waals surface area contributed by atoms with E-state index in [1.165, 1.54) is 83.5 Å². The summed E-state index contributed by atoms with van der Waals surface area (Å²) in [5.74, 6) is 1.14. The molecule has 2 heteroatoms. The summed E-state index contributed by atoms with van der Waals surface area (Å²) in [6.45, 7) is 10.7. The Morgan fingerprint density at radius 2 is 1.37 bits per heavy atom. The van der Waals surface area contributed by atoms with Crippen molar-refractivity contribution in [3.8, 4) is 0 Å². The predicted octanol–water partition coefficient (Wildman–Crippen LogP) is 7.52. The van der Waals surface area contributed by atoms with Crippen molar-refractivity contribution in [3.05, 3.63) is 35.7 Å². The topological polar surface area (TPSA) is 20.3 Å². The number of ketones is 1. The van der Waals surface area contributed by atoms with Gasteiger partial charge in [0.05, 0.1) is 5.78 Å². The molecule has 0 atom stereocenters. The Morgan fingerprint density at radius 3 is 1.78 bits per heavy atom. The zero-order valence-electron chi connectivity index (χ0n) is 18.2. The molecule has 27 heavy (non-hydrogen) atoms. The minimum atomic E-state index is 0.128. The van der Waals surface area contributed by atoms with Crippen molar-refractivity contribution in [2.45, 2.75) is 111 Å². The first-order valence-corrected chi connectivity index (χ1v) is 11.4. The highest BCUT2D eigenvalue weighted by molar-refractivity contribution is 5.98. The third-order valence-corrected chi connectivity index (χ3v) is 5.63. The van der Waals surface area contributed by atoms with Gasteiger partial charge in [0.25, 0.3) is 0 Å². The van der Waals surface area contributed by atoms with E-state index in [9.17, 15) is 4.79 Å². The molecule has 0 aliphatic carbocycles. The molecule has 1 aliphatic rings. The zero-order chi connectivity index (χ0) is 19.9. The Morgan fingerprint density at radius 1 is 0.926 bits per heavy atom. The smallest absolute Gasteiger partial charge is 0.0774 e. The van der Waals surface area contributed by atoms with Crippen LogP contribution in [0.4, 0.5) is 0 Å². The lowest BCUT2D eigenvalue weighted by Gasteiger charge is -2.24. The van der Waals surface area contributed by atoms with E-state index in [1.807, 2.05) is 13.1 Å². The molecule has 0 aromatic heterocycles. The summed E-state index contributed by atoms with van der Waals surface area (Å²) < 4.78 is 0. The molecule has 0 unspecified atom stereocenters. The van der Waals surface area contributed by atoms with E-state index in [2.05, 4.69) is 24.1 Å². The van der Waals surface area contributed by atoms with Gasteiger partial charge >= 0.3 is 0 Å². The predicted molar refractivity (Wildman–Crippen MR) is 117 cm³/mol. The van der Waals surface area contributed by atoms with E-state index in [0.717, 1.165) is 30.2 Å². The largest absolute Gasteiger partial charge is 0.397 e. The van der Waals surface area contributed by atoms with E-state index in [1.54, 1.807) is 6.92 Å². The Balaban J connectivity index is 1.99. The second kappa shape index (κ2) is 14.6. The minimum Gasteiger partial charge on any atom is -0.397 e. The van der Waals surface area contributed by atoms with Crippen molar-refractivity contribution in [3.63, 3.8) is 0 Å². The zero-order valence-corrected chi connectivity index (χ0v) is 18.2. The first-order valence-electron chi connectivity index (χ1n) is 11.4. The van der Waals surface area contributed by atoms with Crippen LogP contribution in [0.2, 0.25) is 0 Å². The Hall–Kier alpha value is -1.40. The van der Waals surface area contributed by atoms with Crippen molar-refractivity contribution in [2.24, 2.45) is 0 Å². The molecule has 0 N–H and O–H groups in total. The molecule has 0 aromatic carbocycles. The summed E-state index contributed by atoms with van der Waals surface area (Å²) in [6.07, 6.45) is 21.2. The quantitative estimate of drug-likeness (QED) is 0.159. The average Bonchev–Trinajstić information content (AvgIpc) is 2.97. The van der Waals surface area contributed by atoms with Crippen LogP contribution in [0, 0.1) is 5.92 Å². The number of hydrogen-bond acceptors (Lipinski definition) is 2. The highest BCUT2D eigenvalue weighted by atomic mass is 16.1. The van der Waals surface area contributed by atoms with E-state index >= 15 is 0 Å². The normalized spacial score (nSPS) is 13.9. The third kappa shape index (κ3) is 9.38. The maximum Gasteiger partial charge on any atom is 0.0774 e. The van der Waals surface area contributed by atoms with Gasteiger partial charge in [0.1, 0.15) is 0 Å². The highest BCUT2D eigenvalue weighted by Crippen LogP contribution is 2.33. The molecule has 0 fully saturated rings. The second-order valence-corrected chi connectivity index (χ2v) is 8.04. The van der Waals surface area contributed by atoms with Gasteiger partial charge in [-0.05, 0) is 19.0 Å². The third-order valence-electron chi connectivity index (χ3n) is 5.63. The minimum absolute atomic E-state index is 0.128. The van der Waals surface area contributed by atoms with Gasteiger partial charge in [-0.3, -0.25) is 0 Å². The lowest BCUT2D eigenvalue weighted by atomic mass is 9.99. The van der Waals surface area contributed by atoms with Gasteiger partial charge in [-0.1, -0.05) is 115 Å². The van der Waals surface area contributed by atoms with Crippen molar-refractivity contribution in [1.82, 2.24) is 4.90 Å². The second-order valence-electron chi connectivity index (χ2n) is 8.04. The van der Waals surface area contributed by atoms with Gasteiger partial charge in [0.15, 0.2) is 0 Å². The van der Waals surface area contributed by atoms with Crippen molar-refractivity contribution in [1.29, 1.82) is 0 Å². The van der Waals surface area contributed by atoms with Crippen LogP contribution in [0.15, 0.2) is 29.8 Å². The van der Waals surface area contributed by atoms with Crippen LogP contribution in [0.5, 0.6) is 0 Å². The average molecular weight is 373 g/mol. The molecule has 154 valence electrons. The Bertz CT molecular complexity index is 498. The molecule has 0 bridgehead atoms. The van der Waals surface area contributed by atoms with Gasteiger partial charge in [-0.25, -0.2) is 5.73 Å². The Labute approximate surface area is 168 Å². The van der Waals surface area contributed by atoms with Gasteiger partial charge in [0.2, 0.25) is 0 Å². The van der Waals surface area contributed by atoms with Crippen LogP contribution in [0.3, 0.4) is 0 Å². The molecule has 0 aromatic rings. The molecule has 0 spiro atoms. The van der Waals surface area contributed by atoms with Crippen LogP contribution < -0.4 is 0 Å². The summed E-state index contributed by atoms with van der Waals surface area (Å²) in [7, 11) is 0. The van der Waals surface area contributed by atoms with Crippen molar-refractivity contribution < 1.29 is 4.79 Å². The van der Waals surface area contributed by atoms with Crippen LogP contribution in [-0.4, -0.2) is 17.2 Å². The Kier molecular flexibility index (Phi) is 12.8. The molecule has 0 saturated heterocycles. The number of carbonyl (C=O) groups excluding carboxylic acids is 1. The summed E-state index contributed by atoms with van der Waals surface area (Å²) in [5.41, 5.74) is 4.79.